The first-order valence-electron chi connectivity index (χ1n) is 7.98. The number of carbonyl (C=O) groups excluding carboxylic acids is 1. The van der Waals surface area contributed by atoms with Gasteiger partial charge in [0, 0.05) is 16.9 Å². The van der Waals surface area contributed by atoms with Crippen molar-refractivity contribution in [2.75, 3.05) is 0 Å². The Morgan fingerprint density at radius 3 is 2.43 bits per heavy atom. The van der Waals surface area contributed by atoms with Gasteiger partial charge < -0.3 is 9.52 Å². The van der Waals surface area contributed by atoms with Gasteiger partial charge in [-0.05, 0) is 50.0 Å². The highest BCUT2D eigenvalue weighted by molar-refractivity contribution is 9.11. The normalized spacial score (nSPS) is 12.6. The number of carbonyl (C=O) groups is 1. The average molecular weight is 440 g/mol. The molecule has 5 heteroatoms. The molecule has 0 bridgehead atoms. The zero-order valence-corrected chi connectivity index (χ0v) is 15.6. The summed E-state index contributed by atoms with van der Waals surface area (Å²) in [7, 11) is 0. The van der Waals surface area contributed by atoms with Crippen molar-refractivity contribution in [2.24, 2.45) is 0 Å². The quantitative estimate of drug-likeness (QED) is 0.507. The molecule has 0 saturated heterocycles. The average Bonchev–Trinajstić information content (AvgIpc) is 2.98. The first kappa shape index (κ1) is 13.8. The summed E-state index contributed by atoms with van der Waals surface area (Å²) in [6, 6.07) is 6.75. The molecular weight excluding hydrogens is 424 g/mol. The molecule has 0 saturated carbocycles. The Morgan fingerprint density at radius 2 is 1.83 bits per heavy atom. The minimum absolute atomic E-state index is 0.0429. The number of fused-ring (bicyclic) bond motifs is 1. The predicted molar refractivity (Wildman–Crippen MR) is 97.2 cm³/mol. The maximum atomic E-state index is 13.3. The third-order valence-electron chi connectivity index (χ3n) is 3.49. The molecule has 0 spiro atoms. The number of phenolic OH excluding ortho intramolecular Hbond substituents is 1. The number of furan rings is 1. The molecule has 3 aromatic rings. The number of phenols is 1. The van der Waals surface area contributed by atoms with E-state index >= 15 is 0 Å². The molecule has 0 radical (unpaired) electrons. The van der Waals surface area contributed by atoms with Crippen LogP contribution in [0.15, 0.2) is 49.7 Å². The molecular formula is C18H14Br2O3. The number of aromatic hydroxyl groups is 1. The fourth-order valence-electron chi connectivity index (χ4n) is 2.41. The molecule has 2 aromatic carbocycles. The highest BCUT2D eigenvalue weighted by atomic mass is 79.9. The van der Waals surface area contributed by atoms with Crippen LogP contribution in [-0.2, 0) is 0 Å². The van der Waals surface area contributed by atoms with Gasteiger partial charge in [0.15, 0.2) is 5.78 Å². The fraction of sp³-hybridized carbons (Fsp3) is 0.167. The van der Waals surface area contributed by atoms with Crippen LogP contribution >= 0.6 is 31.9 Å². The van der Waals surface area contributed by atoms with Crippen LogP contribution in [0.3, 0.4) is 0 Å². The van der Waals surface area contributed by atoms with Crippen molar-refractivity contribution in [3.8, 4) is 5.75 Å². The molecule has 23 heavy (non-hydrogen) atoms. The van der Waals surface area contributed by atoms with Gasteiger partial charge in [-0.15, -0.1) is 0 Å². The van der Waals surface area contributed by atoms with E-state index in [1.54, 1.807) is 12.1 Å². The van der Waals surface area contributed by atoms with Gasteiger partial charge in [0.05, 0.1) is 17.3 Å². The van der Waals surface area contributed by atoms with Gasteiger partial charge in [0.2, 0.25) is 0 Å². The lowest BCUT2D eigenvalue weighted by Gasteiger charge is -2.08. The summed E-state index contributed by atoms with van der Waals surface area (Å²) in [5.74, 6) is -0.262. The van der Waals surface area contributed by atoms with E-state index in [-0.39, 0.29) is 38.3 Å². The van der Waals surface area contributed by atoms with Crippen molar-refractivity contribution in [2.45, 2.75) is 19.8 Å². The second-order valence-corrected chi connectivity index (χ2v) is 7.01. The van der Waals surface area contributed by atoms with Crippen LogP contribution in [0.5, 0.6) is 5.75 Å². The van der Waals surface area contributed by atoms with Crippen molar-refractivity contribution in [1.82, 2.24) is 0 Å². The van der Waals surface area contributed by atoms with Crippen molar-refractivity contribution < 1.29 is 17.1 Å². The summed E-state index contributed by atoms with van der Waals surface area (Å²) in [4.78, 5) is 13.3. The van der Waals surface area contributed by atoms with E-state index in [1.165, 1.54) is 0 Å². The molecule has 1 aromatic heterocycles. The monoisotopic (exact) mass is 438 g/mol. The van der Waals surface area contributed by atoms with Gasteiger partial charge in [-0.2, -0.15) is 0 Å². The van der Waals surface area contributed by atoms with Crippen LogP contribution in [-0.4, -0.2) is 10.9 Å². The second-order valence-electron chi connectivity index (χ2n) is 5.42. The fourth-order valence-corrected chi connectivity index (χ4v) is 3.47. The second kappa shape index (κ2) is 6.13. The van der Waals surface area contributed by atoms with E-state index in [9.17, 15) is 9.90 Å². The van der Waals surface area contributed by atoms with E-state index in [1.807, 2.05) is 26.0 Å². The van der Waals surface area contributed by atoms with Crippen LogP contribution in [0, 0.1) is 0 Å². The molecule has 1 heterocycles. The third kappa shape index (κ3) is 2.83. The Labute approximate surface area is 153 Å². The maximum absolute atomic E-state index is 13.3. The maximum Gasteiger partial charge on any atom is 0.197 e. The molecule has 0 aliphatic carbocycles. The first-order chi connectivity index (χ1) is 11.8. The van der Waals surface area contributed by atoms with Crippen molar-refractivity contribution in [1.29, 1.82) is 0 Å². The summed E-state index contributed by atoms with van der Waals surface area (Å²) < 4.78 is 22.4. The molecule has 0 amide bonds. The van der Waals surface area contributed by atoms with Crippen LogP contribution < -0.4 is 0 Å². The molecule has 1 N–H and O–H groups in total. The zero-order valence-electron chi connectivity index (χ0n) is 14.4. The summed E-state index contributed by atoms with van der Waals surface area (Å²) in [5.41, 5.74) is 0.853. The molecule has 0 fully saturated rings. The summed E-state index contributed by atoms with van der Waals surface area (Å²) in [6.45, 7) is 3.83. The van der Waals surface area contributed by atoms with Gasteiger partial charge in [-0.1, -0.05) is 32.0 Å². The van der Waals surface area contributed by atoms with Crippen molar-refractivity contribution in [3.63, 3.8) is 0 Å². The number of hydrogen-bond donors (Lipinski definition) is 1. The molecule has 0 aliphatic rings. The van der Waals surface area contributed by atoms with Crippen LogP contribution in [0.1, 0.15) is 44.2 Å². The first-order valence-corrected chi connectivity index (χ1v) is 8.57. The Morgan fingerprint density at radius 1 is 1.22 bits per heavy atom. The molecule has 0 aliphatic heterocycles. The van der Waals surface area contributed by atoms with Crippen LogP contribution in [0.4, 0.5) is 0 Å². The topological polar surface area (TPSA) is 50.4 Å². The number of rotatable bonds is 3. The van der Waals surface area contributed by atoms with Crippen LogP contribution in [0.2, 0.25) is 0 Å². The minimum atomic E-state index is -0.468. The SMILES string of the molecule is [2H]c1c(Br)c(O)c(Br)c([2H])c1C(=O)c1c(C(C)C)oc2ccccc12. The number of benzene rings is 2. The Kier molecular flexibility index (Phi) is 3.68. The smallest absolute Gasteiger partial charge is 0.197 e. The lowest BCUT2D eigenvalue weighted by atomic mass is 9.96. The summed E-state index contributed by atoms with van der Waals surface area (Å²) in [6.07, 6.45) is 0. The Balaban J connectivity index is 2.35. The number of ketones is 1. The standard InChI is InChI=1S/C18H14Br2O3/c1-9(2)18-15(11-5-3-4-6-14(11)23-18)16(21)10-7-12(19)17(22)13(20)8-10/h3-9,22H,1-2H3/i7D,8D. The Hall–Kier alpha value is -1.59. The van der Waals surface area contributed by atoms with Gasteiger partial charge >= 0.3 is 0 Å². The third-order valence-corrected chi connectivity index (χ3v) is 4.63. The lowest BCUT2D eigenvalue weighted by Crippen LogP contribution is -2.05. The molecule has 0 unspecified atom stereocenters. The molecule has 3 rings (SSSR count). The van der Waals surface area contributed by atoms with Gasteiger partial charge in [-0.25, -0.2) is 0 Å². The van der Waals surface area contributed by atoms with E-state index in [0.717, 1.165) is 0 Å². The van der Waals surface area contributed by atoms with E-state index in [0.29, 0.717) is 22.3 Å². The van der Waals surface area contributed by atoms with E-state index in [4.69, 9.17) is 7.16 Å². The van der Waals surface area contributed by atoms with Gasteiger partial charge in [-0.3, -0.25) is 4.79 Å². The molecule has 0 atom stereocenters. The molecule has 118 valence electrons. The highest BCUT2D eigenvalue weighted by Gasteiger charge is 2.24. The van der Waals surface area contributed by atoms with Crippen molar-refractivity contribution in [3.05, 3.63) is 62.2 Å². The van der Waals surface area contributed by atoms with Crippen molar-refractivity contribution >= 4 is 48.6 Å². The van der Waals surface area contributed by atoms with Gasteiger partial charge in [0.1, 0.15) is 17.1 Å². The number of hydrogen-bond acceptors (Lipinski definition) is 3. The zero-order chi connectivity index (χ0) is 18.5. The largest absolute Gasteiger partial charge is 0.506 e. The Bertz CT molecular complexity index is 980. The van der Waals surface area contributed by atoms with Crippen LogP contribution in [0.25, 0.3) is 11.0 Å². The minimum Gasteiger partial charge on any atom is -0.506 e. The number of para-hydroxylation sites is 1. The van der Waals surface area contributed by atoms with E-state index < -0.39 is 5.78 Å². The number of halogens is 2. The van der Waals surface area contributed by atoms with E-state index in [2.05, 4.69) is 31.9 Å². The predicted octanol–water partition coefficient (Wildman–Crippen LogP) is 6.02. The highest BCUT2D eigenvalue weighted by Crippen LogP contribution is 2.37. The lowest BCUT2D eigenvalue weighted by molar-refractivity contribution is 0.103. The molecule has 3 nitrogen and oxygen atoms in total. The summed E-state index contributed by atoms with van der Waals surface area (Å²) >= 11 is 6.23. The van der Waals surface area contributed by atoms with Gasteiger partial charge in [0.25, 0.3) is 0 Å². The summed E-state index contributed by atoms with van der Waals surface area (Å²) in [5, 5.41) is 10.6.